The summed E-state index contributed by atoms with van der Waals surface area (Å²) < 4.78 is 30.0. The quantitative estimate of drug-likeness (QED) is 0.504. The summed E-state index contributed by atoms with van der Waals surface area (Å²) in [5.41, 5.74) is -2.19. The number of esters is 1. The summed E-state index contributed by atoms with van der Waals surface area (Å²) >= 11 is 0. The van der Waals surface area contributed by atoms with Crippen LogP contribution in [-0.2, 0) is 4.74 Å². The summed E-state index contributed by atoms with van der Waals surface area (Å²) in [4.78, 5) is 23.8. The molecule has 1 rings (SSSR count). The van der Waals surface area contributed by atoms with Crippen LogP contribution in [0.5, 0.6) is 5.75 Å². The highest BCUT2D eigenvalue weighted by molar-refractivity contribution is 5.95. The molecule has 0 spiro atoms. The van der Waals surface area contributed by atoms with E-state index in [0.717, 1.165) is 0 Å². The zero-order valence-electron chi connectivity index (χ0n) is 9.09. The van der Waals surface area contributed by atoms with Gasteiger partial charge in [0.25, 0.3) is 6.43 Å². The predicted molar refractivity (Wildman–Crippen MR) is 53.5 cm³/mol. The topological polar surface area (TPSA) is 103 Å². The van der Waals surface area contributed by atoms with Crippen molar-refractivity contribution in [1.29, 1.82) is 0 Å². The number of ether oxygens (including phenoxy) is 1. The van der Waals surface area contributed by atoms with Gasteiger partial charge in [0.15, 0.2) is 11.9 Å². The number of hydrogen-bond donors (Lipinski definition) is 1. The van der Waals surface area contributed by atoms with Gasteiger partial charge in [-0.15, -0.1) is 0 Å². The number of nitrogens with zero attached hydrogens (tertiary/aromatic N) is 2. The highest BCUT2D eigenvalue weighted by atomic mass is 19.3. The van der Waals surface area contributed by atoms with Gasteiger partial charge in [-0.05, 0) is 16.8 Å². The third-order valence-corrected chi connectivity index (χ3v) is 1.95. The Morgan fingerprint density at radius 2 is 2.28 bits per heavy atom. The van der Waals surface area contributed by atoms with Crippen LogP contribution in [0.1, 0.15) is 29.3 Å². The van der Waals surface area contributed by atoms with Crippen LogP contribution in [0.3, 0.4) is 0 Å². The van der Waals surface area contributed by atoms with E-state index >= 15 is 0 Å². The van der Waals surface area contributed by atoms with Crippen LogP contribution in [0, 0.1) is 10.1 Å². The maximum Gasteiger partial charge on any atom is 0.373 e. The lowest BCUT2D eigenvalue weighted by atomic mass is 10.1. The second-order valence-corrected chi connectivity index (χ2v) is 3.03. The third-order valence-electron chi connectivity index (χ3n) is 1.95. The van der Waals surface area contributed by atoms with Crippen molar-refractivity contribution in [2.75, 3.05) is 6.61 Å². The Balaban J connectivity index is 3.51. The molecule has 0 saturated carbocycles. The number of aromatic nitrogens is 1. The first kappa shape index (κ1) is 13.7. The molecular weight excluding hydrogens is 254 g/mol. The van der Waals surface area contributed by atoms with Gasteiger partial charge in [-0.25, -0.2) is 13.6 Å². The second kappa shape index (κ2) is 5.34. The standard InChI is InChI=1S/C9H8F2N2O5/c1-2-18-9(15)5-4(14)3-12-8(13(16)17)6(5)7(10)11/h3,7,14H,2H2,1H3. The molecule has 0 atom stereocenters. The minimum atomic E-state index is -3.34. The van der Waals surface area contributed by atoms with E-state index in [9.17, 15) is 28.8 Å². The molecule has 1 aromatic heterocycles. The largest absolute Gasteiger partial charge is 0.504 e. The van der Waals surface area contributed by atoms with E-state index in [1.54, 1.807) is 0 Å². The van der Waals surface area contributed by atoms with Gasteiger partial charge < -0.3 is 20.0 Å². The molecule has 1 heterocycles. The molecule has 0 amide bonds. The SMILES string of the molecule is CCOC(=O)c1c(O)cnc([N+](=O)[O-])c1C(F)F. The van der Waals surface area contributed by atoms with Gasteiger partial charge in [0.05, 0.1) is 6.61 Å². The second-order valence-electron chi connectivity index (χ2n) is 3.03. The summed E-state index contributed by atoms with van der Waals surface area (Å²) in [6.07, 6.45) is -2.79. The zero-order valence-corrected chi connectivity index (χ0v) is 9.09. The minimum absolute atomic E-state index is 0.128. The first-order valence-electron chi connectivity index (χ1n) is 4.71. The van der Waals surface area contributed by atoms with Crippen molar-refractivity contribution in [2.45, 2.75) is 13.3 Å². The molecule has 0 aromatic carbocycles. The van der Waals surface area contributed by atoms with E-state index in [1.165, 1.54) is 6.92 Å². The van der Waals surface area contributed by atoms with Crippen LogP contribution < -0.4 is 0 Å². The molecular formula is C9H8F2N2O5. The van der Waals surface area contributed by atoms with E-state index in [0.29, 0.717) is 6.20 Å². The van der Waals surface area contributed by atoms with Crippen LogP contribution >= 0.6 is 0 Å². The molecule has 0 aliphatic rings. The van der Waals surface area contributed by atoms with Crippen molar-refractivity contribution >= 4 is 11.8 Å². The fraction of sp³-hybridized carbons (Fsp3) is 0.333. The molecule has 7 nitrogen and oxygen atoms in total. The van der Waals surface area contributed by atoms with Crippen LogP contribution in [0.2, 0.25) is 0 Å². The summed E-state index contributed by atoms with van der Waals surface area (Å²) in [5, 5.41) is 19.9. The number of pyridine rings is 1. The van der Waals surface area contributed by atoms with Crippen molar-refractivity contribution in [3.8, 4) is 5.75 Å². The number of carbonyl (C=O) groups is 1. The van der Waals surface area contributed by atoms with Crippen LogP contribution in [-0.4, -0.2) is 27.6 Å². The van der Waals surface area contributed by atoms with E-state index in [4.69, 9.17) is 0 Å². The van der Waals surface area contributed by atoms with E-state index in [2.05, 4.69) is 9.72 Å². The first-order valence-corrected chi connectivity index (χ1v) is 4.71. The number of halogens is 2. The summed E-state index contributed by atoms with van der Waals surface area (Å²) in [5.74, 6) is -3.35. The number of alkyl halides is 2. The molecule has 0 aliphatic carbocycles. The lowest BCUT2D eigenvalue weighted by Crippen LogP contribution is -2.12. The molecule has 0 saturated heterocycles. The van der Waals surface area contributed by atoms with Crippen molar-refractivity contribution in [1.82, 2.24) is 4.98 Å². The number of carbonyl (C=O) groups excluding carboxylic acids is 1. The van der Waals surface area contributed by atoms with Crippen molar-refractivity contribution < 1.29 is 28.3 Å². The monoisotopic (exact) mass is 262 g/mol. The fourth-order valence-electron chi connectivity index (χ4n) is 1.28. The predicted octanol–water partition coefficient (Wildman–Crippen LogP) is 1.81. The number of rotatable bonds is 4. The lowest BCUT2D eigenvalue weighted by Gasteiger charge is -2.09. The average Bonchev–Trinajstić information content (AvgIpc) is 2.27. The lowest BCUT2D eigenvalue weighted by molar-refractivity contribution is -0.391. The van der Waals surface area contributed by atoms with Gasteiger partial charge >= 0.3 is 11.8 Å². The van der Waals surface area contributed by atoms with Gasteiger partial charge in [-0.1, -0.05) is 0 Å². The Labute approximate surface area is 99.2 Å². The summed E-state index contributed by atoms with van der Waals surface area (Å²) in [6.45, 7) is 1.30. The molecule has 0 bridgehead atoms. The minimum Gasteiger partial charge on any atom is -0.504 e. The Morgan fingerprint density at radius 3 is 2.72 bits per heavy atom. The molecule has 9 heteroatoms. The third kappa shape index (κ3) is 2.50. The molecule has 0 unspecified atom stereocenters. The Hall–Kier alpha value is -2.32. The summed E-state index contributed by atoms with van der Waals surface area (Å²) in [7, 11) is 0. The number of nitro groups is 1. The smallest absolute Gasteiger partial charge is 0.373 e. The highest BCUT2D eigenvalue weighted by Crippen LogP contribution is 2.35. The zero-order chi connectivity index (χ0) is 13.9. The molecule has 18 heavy (non-hydrogen) atoms. The maximum absolute atomic E-state index is 12.8. The van der Waals surface area contributed by atoms with Crippen LogP contribution in [0.4, 0.5) is 14.6 Å². The van der Waals surface area contributed by atoms with Gasteiger partial charge in [0, 0.05) is 0 Å². The van der Waals surface area contributed by atoms with Gasteiger partial charge in [0.1, 0.15) is 11.1 Å². The summed E-state index contributed by atoms with van der Waals surface area (Å²) in [6, 6.07) is 0. The molecule has 0 radical (unpaired) electrons. The molecule has 1 aromatic rings. The molecule has 1 N–H and O–H groups in total. The maximum atomic E-state index is 12.8. The first-order chi connectivity index (χ1) is 8.40. The van der Waals surface area contributed by atoms with Crippen molar-refractivity contribution in [3.63, 3.8) is 0 Å². The average molecular weight is 262 g/mol. The Bertz CT molecular complexity index is 492. The highest BCUT2D eigenvalue weighted by Gasteiger charge is 2.33. The van der Waals surface area contributed by atoms with Gasteiger partial charge in [0.2, 0.25) is 0 Å². The van der Waals surface area contributed by atoms with Gasteiger partial charge in [-0.2, -0.15) is 0 Å². The van der Waals surface area contributed by atoms with E-state index in [1.807, 2.05) is 0 Å². The fourth-order valence-corrected chi connectivity index (χ4v) is 1.28. The number of aromatic hydroxyl groups is 1. The Morgan fingerprint density at radius 1 is 1.67 bits per heavy atom. The van der Waals surface area contributed by atoms with Crippen molar-refractivity contribution in [3.05, 3.63) is 27.4 Å². The molecule has 0 fully saturated rings. The van der Waals surface area contributed by atoms with E-state index < -0.39 is 40.0 Å². The normalized spacial score (nSPS) is 10.4. The molecule has 98 valence electrons. The van der Waals surface area contributed by atoms with Gasteiger partial charge in [-0.3, -0.25) is 0 Å². The van der Waals surface area contributed by atoms with Crippen molar-refractivity contribution in [2.24, 2.45) is 0 Å². The van der Waals surface area contributed by atoms with Crippen LogP contribution in [0.25, 0.3) is 0 Å². The van der Waals surface area contributed by atoms with E-state index in [-0.39, 0.29) is 6.61 Å². The Kier molecular flexibility index (Phi) is 4.08. The molecule has 0 aliphatic heterocycles. The number of hydrogen-bond acceptors (Lipinski definition) is 6. The van der Waals surface area contributed by atoms with Crippen LogP contribution in [0.15, 0.2) is 6.20 Å².